The lowest BCUT2D eigenvalue weighted by Gasteiger charge is -2.64. The van der Waals surface area contributed by atoms with Gasteiger partial charge in [0.25, 0.3) is 0 Å². The van der Waals surface area contributed by atoms with Crippen molar-refractivity contribution in [2.45, 2.75) is 167 Å². The lowest BCUT2D eigenvalue weighted by Crippen LogP contribution is -2.61. The Morgan fingerprint density at radius 3 is 2.26 bits per heavy atom. The predicted molar refractivity (Wildman–Crippen MR) is 171 cm³/mol. The molecule has 5 aliphatic carbocycles. The summed E-state index contributed by atoms with van der Waals surface area (Å²) in [6, 6.07) is 0. The van der Waals surface area contributed by atoms with Crippen molar-refractivity contribution in [3.8, 4) is 0 Å². The van der Waals surface area contributed by atoms with Crippen LogP contribution in [0.1, 0.15) is 107 Å². The molecule has 7 aliphatic rings. The Balaban J connectivity index is 1.14. The molecule has 0 bridgehead atoms. The molecule has 0 radical (unpaired) electrons. The minimum atomic E-state index is -1.30. The number of rotatable bonds is 5. The first-order chi connectivity index (χ1) is 21.8. The topological polar surface area (TPSA) is 155 Å². The summed E-state index contributed by atoms with van der Waals surface area (Å²) >= 11 is 0. The van der Waals surface area contributed by atoms with E-state index in [1.54, 1.807) is 13.8 Å². The van der Waals surface area contributed by atoms with Gasteiger partial charge in [-0.3, -0.25) is 4.79 Å². The molecule has 2 saturated heterocycles. The number of ether oxygens (including phenoxy) is 4. The molecule has 268 valence electrons. The van der Waals surface area contributed by atoms with Gasteiger partial charge in [0, 0.05) is 12.3 Å². The van der Waals surface area contributed by atoms with Crippen LogP contribution in [0, 0.1) is 50.7 Å². The third-order valence-electron chi connectivity index (χ3n) is 15.8. The second-order valence-electron chi connectivity index (χ2n) is 18.6. The van der Waals surface area contributed by atoms with Gasteiger partial charge in [0.1, 0.15) is 18.3 Å². The largest absolute Gasteiger partial charge is 0.457 e. The third kappa shape index (κ3) is 4.54. The number of carbonyl (C=O) groups is 1. The third-order valence-corrected chi connectivity index (χ3v) is 15.8. The van der Waals surface area contributed by atoms with Crippen LogP contribution in [0.15, 0.2) is 0 Å². The zero-order valence-corrected chi connectivity index (χ0v) is 29.6. The Bertz CT molecular complexity index is 1250. The summed E-state index contributed by atoms with van der Waals surface area (Å²) in [5, 5.41) is 54.3. The minimum absolute atomic E-state index is 0.0683. The lowest BCUT2D eigenvalue weighted by molar-refractivity contribution is -0.303. The van der Waals surface area contributed by atoms with Gasteiger partial charge in [0.15, 0.2) is 12.4 Å². The van der Waals surface area contributed by atoms with Crippen LogP contribution >= 0.6 is 0 Å². The molecule has 0 aromatic rings. The summed E-state index contributed by atoms with van der Waals surface area (Å²) in [5.74, 6) is 0.717. The minimum Gasteiger partial charge on any atom is -0.457 e. The molecule has 10 heteroatoms. The average Bonchev–Trinajstić information content (AvgIpc) is 3.61. The van der Waals surface area contributed by atoms with E-state index in [0.29, 0.717) is 18.3 Å². The number of carbonyl (C=O) groups excluding carboxylic acids is 1. The fourth-order valence-electron chi connectivity index (χ4n) is 13.7. The molecular formula is C37H60O10. The maximum Gasteiger partial charge on any atom is 0.303 e. The maximum atomic E-state index is 12.5. The van der Waals surface area contributed by atoms with Crippen molar-refractivity contribution in [3.63, 3.8) is 0 Å². The molecule has 2 spiro atoms. The van der Waals surface area contributed by atoms with Crippen LogP contribution in [0.4, 0.5) is 0 Å². The van der Waals surface area contributed by atoms with Gasteiger partial charge >= 0.3 is 5.97 Å². The van der Waals surface area contributed by atoms with Crippen LogP contribution < -0.4 is 0 Å². The van der Waals surface area contributed by atoms with Crippen molar-refractivity contribution in [1.82, 2.24) is 0 Å². The van der Waals surface area contributed by atoms with Gasteiger partial charge in [-0.2, -0.15) is 0 Å². The van der Waals surface area contributed by atoms with Crippen molar-refractivity contribution >= 4 is 5.97 Å². The van der Waals surface area contributed by atoms with E-state index in [9.17, 15) is 30.3 Å². The van der Waals surface area contributed by atoms with E-state index in [1.807, 2.05) is 0 Å². The molecule has 2 heterocycles. The Morgan fingerprint density at radius 1 is 0.936 bits per heavy atom. The molecule has 5 N–H and O–H groups in total. The number of aliphatic hydroxyl groups is 5. The van der Waals surface area contributed by atoms with Crippen molar-refractivity contribution in [2.75, 3.05) is 6.61 Å². The number of esters is 1. The first-order valence-electron chi connectivity index (χ1n) is 18.3. The molecule has 47 heavy (non-hydrogen) atoms. The predicted octanol–water partition coefficient (Wildman–Crippen LogP) is 3.33. The van der Waals surface area contributed by atoms with Gasteiger partial charge in [-0.05, 0) is 111 Å². The zero-order valence-electron chi connectivity index (χ0n) is 29.6. The van der Waals surface area contributed by atoms with Crippen LogP contribution in [0.5, 0.6) is 0 Å². The highest BCUT2D eigenvalue weighted by Gasteiger charge is 2.84. The molecule has 7 rings (SSSR count). The molecule has 10 nitrogen and oxygen atoms in total. The van der Waals surface area contributed by atoms with Gasteiger partial charge < -0.3 is 44.5 Å². The number of fused-ring (bicyclic) bond motifs is 4. The monoisotopic (exact) mass is 664 g/mol. The lowest BCUT2D eigenvalue weighted by atomic mass is 9.41. The fourth-order valence-corrected chi connectivity index (χ4v) is 13.7. The van der Waals surface area contributed by atoms with E-state index >= 15 is 0 Å². The molecular weight excluding hydrogens is 604 g/mol. The fraction of sp³-hybridized carbons (Fsp3) is 0.973. The van der Waals surface area contributed by atoms with E-state index in [1.165, 1.54) is 13.3 Å². The maximum absolute atomic E-state index is 12.5. The Morgan fingerprint density at radius 2 is 1.60 bits per heavy atom. The molecule has 2 aliphatic heterocycles. The standard InChI is InChI=1S/C37H60O10/c1-18-15-21(30(33(5,6)43)45-19(2)38)46-28-25(18)34(7)13-14-37-17-36(37)12-11-24(47-31-27(41)26(40)20(39)16-44-31)32(3,4)22(36)9-10-23(37)35(34,8)29(28)42/h18,20-31,39-43H,9-17H2,1-8H3/t18-,20-,21-,22+,23+,24+,25?,26+,27-,28+,29+,30+,31+,34-,35-,36-,37+/m1/s1. The van der Waals surface area contributed by atoms with Gasteiger partial charge in [0.2, 0.25) is 0 Å². The Hall–Kier alpha value is -0.850. The summed E-state index contributed by atoms with van der Waals surface area (Å²) in [7, 11) is 0. The number of aliphatic hydroxyl groups excluding tert-OH is 4. The Kier molecular flexibility index (Phi) is 7.97. The van der Waals surface area contributed by atoms with Gasteiger partial charge in [-0.15, -0.1) is 0 Å². The smallest absolute Gasteiger partial charge is 0.303 e. The zero-order chi connectivity index (χ0) is 34.3. The molecule has 5 saturated carbocycles. The summed E-state index contributed by atoms with van der Waals surface area (Å²) in [6.07, 6.45) is 0.712. The number of hydrogen-bond acceptors (Lipinski definition) is 10. The van der Waals surface area contributed by atoms with Crippen LogP contribution in [-0.2, 0) is 23.7 Å². The first kappa shape index (κ1) is 34.6. The average molecular weight is 665 g/mol. The van der Waals surface area contributed by atoms with Gasteiger partial charge in [-0.25, -0.2) is 0 Å². The molecule has 0 aromatic heterocycles. The second-order valence-corrected chi connectivity index (χ2v) is 18.6. The number of hydrogen-bond donors (Lipinski definition) is 5. The van der Waals surface area contributed by atoms with Crippen molar-refractivity contribution in [2.24, 2.45) is 50.7 Å². The highest BCUT2D eigenvalue weighted by Crippen LogP contribution is 2.89. The van der Waals surface area contributed by atoms with Crippen LogP contribution in [0.3, 0.4) is 0 Å². The SMILES string of the molecule is CC(=O)O[C@@H]([C@H]1C[C@@H](C)C2[C@H](O1)[C@H](O)[C@@]1(C)[C@@H]3CC[C@H]4C(C)(C)[C@@H](O[C@@H]5OC[C@@H](O)[C@H](O)[C@H]5O)CC[C@@]45C[C@@]35CC[C@]21C)C(C)(C)O. The van der Waals surface area contributed by atoms with E-state index in [2.05, 4.69) is 34.6 Å². The van der Waals surface area contributed by atoms with Crippen molar-refractivity contribution in [1.29, 1.82) is 0 Å². The summed E-state index contributed by atoms with van der Waals surface area (Å²) in [4.78, 5) is 12.1. The second kappa shape index (κ2) is 10.8. The highest BCUT2D eigenvalue weighted by molar-refractivity contribution is 5.66. The summed E-state index contributed by atoms with van der Waals surface area (Å²) < 4.78 is 24.6. The molecule has 0 aromatic carbocycles. The van der Waals surface area contributed by atoms with E-state index in [-0.39, 0.29) is 51.6 Å². The van der Waals surface area contributed by atoms with Crippen molar-refractivity contribution in [3.05, 3.63) is 0 Å². The first-order valence-corrected chi connectivity index (χ1v) is 18.3. The highest BCUT2D eigenvalue weighted by atomic mass is 16.7. The van der Waals surface area contributed by atoms with Crippen LogP contribution in [-0.4, -0.2) is 98.8 Å². The van der Waals surface area contributed by atoms with Crippen LogP contribution in [0.2, 0.25) is 0 Å². The van der Waals surface area contributed by atoms with E-state index in [4.69, 9.17) is 18.9 Å². The van der Waals surface area contributed by atoms with Crippen molar-refractivity contribution < 1.29 is 49.3 Å². The van der Waals surface area contributed by atoms with E-state index in [0.717, 1.165) is 38.5 Å². The molecule has 1 unspecified atom stereocenters. The van der Waals surface area contributed by atoms with E-state index < -0.39 is 60.6 Å². The summed E-state index contributed by atoms with van der Waals surface area (Å²) in [5.41, 5.74) is -1.61. The molecule has 0 amide bonds. The quantitative estimate of drug-likeness (QED) is 0.218. The van der Waals surface area contributed by atoms with Crippen LogP contribution in [0.25, 0.3) is 0 Å². The molecule has 17 atom stereocenters. The van der Waals surface area contributed by atoms with Gasteiger partial charge in [0.05, 0.1) is 36.6 Å². The normalized spacial score (nSPS) is 55.4. The Labute approximate surface area is 279 Å². The molecule has 7 fully saturated rings. The van der Waals surface area contributed by atoms with Gasteiger partial charge in [-0.1, -0.05) is 34.6 Å². The summed E-state index contributed by atoms with van der Waals surface area (Å²) in [6.45, 7) is 16.2.